The molecule has 1 atom stereocenters. The number of rotatable bonds is 0. The normalized spacial score (nSPS) is 17.4. The van der Waals surface area contributed by atoms with Gasteiger partial charge in [-0.25, -0.2) is 4.79 Å². The Morgan fingerprint density at radius 2 is 1.85 bits per heavy atom. The minimum Gasteiger partial charge on any atom is -0.474 e. The van der Waals surface area contributed by atoms with Crippen molar-refractivity contribution < 1.29 is 19.8 Å². The molecule has 1 saturated heterocycles. The number of β-amino-alcohol motifs (C(OH)–C–C–N with tert-alkyl or cyclic N) is 1. The van der Waals surface area contributed by atoms with E-state index < -0.39 is 18.0 Å². The molecule has 1 heterocycles. The average Bonchev–Trinajstić information content (AvgIpc) is 2.82. The predicted octanol–water partition coefficient (Wildman–Crippen LogP) is 0.550. The number of benzene rings is 1. The number of hydrogen-bond acceptors (Lipinski definition) is 4. The number of aryl methyl sites for hydroxylation is 2. The van der Waals surface area contributed by atoms with Gasteiger partial charge in [0.25, 0.3) is 0 Å². The molecule has 6 heteroatoms. The van der Waals surface area contributed by atoms with Gasteiger partial charge in [-0.3, -0.25) is 4.79 Å². The molecule has 1 aliphatic rings. The highest BCUT2D eigenvalue weighted by Gasteiger charge is 2.28. The summed E-state index contributed by atoms with van der Waals surface area (Å²) in [5.74, 6) is -2.39. The van der Waals surface area contributed by atoms with Crippen molar-refractivity contribution in [2.24, 2.45) is 0 Å². The van der Waals surface area contributed by atoms with Crippen LogP contribution in [0.4, 0.5) is 5.69 Å². The van der Waals surface area contributed by atoms with E-state index in [4.69, 9.17) is 15.9 Å². The summed E-state index contributed by atoms with van der Waals surface area (Å²) in [4.78, 5) is 22.0. The van der Waals surface area contributed by atoms with Gasteiger partial charge >= 0.3 is 11.9 Å². The molecule has 1 aromatic rings. The van der Waals surface area contributed by atoms with Gasteiger partial charge in [0.05, 0.1) is 6.10 Å². The van der Waals surface area contributed by atoms with E-state index in [-0.39, 0.29) is 6.54 Å². The number of amides is 1. The second-order valence-corrected chi connectivity index (χ2v) is 4.80. The lowest BCUT2D eigenvalue weighted by Crippen LogP contribution is -2.35. The molecule has 0 spiro atoms. The van der Waals surface area contributed by atoms with E-state index in [0.717, 1.165) is 21.7 Å². The Morgan fingerprint density at radius 1 is 1.30 bits per heavy atom. The van der Waals surface area contributed by atoms with E-state index in [1.807, 2.05) is 32.0 Å². The first-order valence-corrected chi connectivity index (χ1v) is 6.35. The number of hydrogen-bond donors (Lipinski definition) is 3. The molecule has 1 amide bonds. The lowest BCUT2D eigenvalue weighted by Gasteiger charge is -2.10. The maximum Gasteiger partial charge on any atom is 0.394 e. The van der Waals surface area contributed by atoms with Crippen LogP contribution in [0, 0.1) is 13.8 Å². The van der Waals surface area contributed by atoms with Crippen LogP contribution in [0.15, 0.2) is 18.2 Å². The highest BCUT2D eigenvalue weighted by atomic mass is 16.4. The van der Waals surface area contributed by atoms with Gasteiger partial charge in [-0.15, -0.1) is 0 Å². The molecule has 1 unspecified atom stereocenters. The first kappa shape index (κ1) is 16.0. The second kappa shape index (κ2) is 6.91. The summed E-state index contributed by atoms with van der Waals surface area (Å²) in [7, 11) is 0. The number of likely N-dealkylation sites (tertiary alicyclic amines) is 1. The van der Waals surface area contributed by atoms with Crippen LogP contribution >= 0.6 is 0 Å². The number of carboxylic acid groups (broad SMARTS) is 1. The van der Waals surface area contributed by atoms with Crippen molar-refractivity contribution in [3.63, 3.8) is 0 Å². The molecule has 0 aliphatic carbocycles. The van der Waals surface area contributed by atoms with Crippen LogP contribution in [0.1, 0.15) is 17.5 Å². The molecule has 6 nitrogen and oxygen atoms in total. The summed E-state index contributed by atoms with van der Waals surface area (Å²) in [5.41, 5.74) is 8.92. The predicted molar refractivity (Wildman–Crippen MR) is 75.2 cm³/mol. The number of nitrogen functional groups attached to an aromatic ring is 1. The van der Waals surface area contributed by atoms with Crippen LogP contribution in [0.25, 0.3) is 0 Å². The second-order valence-electron chi connectivity index (χ2n) is 4.80. The Morgan fingerprint density at radius 3 is 2.20 bits per heavy atom. The monoisotopic (exact) mass is 280 g/mol. The van der Waals surface area contributed by atoms with E-state index in [1.165, 1.54) is 0 Å². The Bertz CT molecular complexity index is 482. The van der Waals surface area contributed by atoms with Crippen LogP contribution in [-0.4, -0.2) is 46.2 Å². The zero-order chi connectivity index (χ0) is 15.3. The number of nitrogens with zero attached hydrogens (tertiary/aromatic N) is 1. The highest BCUT2D eigenvalue weighted by Crippen LogP contribution is 2.13. The molecule has 110 valence electrons. The van der Waals surface area contributed by atoms with Crippen molar-refractivity contribution in [2.75, 3.05) is 18.8 Å². The van der Waals surface area contributed by atoms with Gasteiger partial charge in [0.2, 0.25) is 0 Å². The third kappa shape index (κ3) is 4.24. The zero-order valence-corrected chi connectivity index (χ0v) is 11.7. The minimum absolute atomic E-state index is 0.144. The fraction of sp³-hybridized carbons (Fsp3) is 0.429. The van der Waals surface area contributed by atoms with Crippen molar-refractivity contribution in [3.05, 3.63) is 29.3 Å². The summed E-state index contributed by atoms with van der Waals surface area (Å²) < 4.78 is 0. The van der Waals surface area contributed by atoms with Crippen LogP contribution < -0.4 is 5.73 Å². The zero-order valence-electron chi connectivity index (χ0n) is 11.7. The third-order valence-corrected chi connectivity index (χ3v) is 3.18. The number of carbonyl (C=O) groups excluding carboxylic acids is 1. The molecular formula is C14H20N2O4. The first-order chi connectivity index (χ1) is 9.32. The summed E-state index contributed by atoms with van der Waals surface area (Å²) in [6.45, 7) is 4.52. The summed E-state index contributed by atoms with van der Waals surface area (Å²) in [6, 6.07) is 6.05. The molecule has 2 rings (SSSR count). The SMILES string of the molecule is Cc1cccc(C)c1N.O=C(O)C(=O)N1CCC(O)C1. The van der Waals surface area contributed by atoms with Crippen molar-refractivity contribution in [1.82, 2.24) is 4.90 Å². The van der Waals surface area contributed by atoms with Gasteiger partial charge in [0, 0.05) is 18.8 Å². The largest absolute Gasteiger partial charge is 0.474 e. The Hall–Kier alpha value is -2.08. The Balaban J connectivity index is 0.000000204. The number of carbonyl (C=O) groups is 2. The van der Waals surface area contributed by atoms with Crippen molar-refractivity contribution in [3.8, 4) is 0 Å². The van der Waals surface area contributed by atoms with E-state index in [2.05, 4.69) is 0 Å². The number of aliphatic hydroxyl groups is 1. The standard InChI is InChI=1S/C8H11N.C6H9NO4/c1-6-4-3-5-7(2)8(6)9;8-4-1-2-7(3-4)5(9)6(10)11/h3-5H,9H2,1-2H3;4,8H,1-3H2,(H,10,11). The number of carboxylic acids is 1. The highest BCUT2D eigenvalue weighted by molar-refractivity contribution is 6.31. The van der Waals surface area contributed by atoms with Gasteiger partial charge in [-0.2, -0.15) is 0 Å². The molecule has 20 heavy (non-hydrogen) atoms. The van der Waals surface area contributed by atoms with Crippen molar-refractivity contribution in [1.29, 1.82) is 0 Å². The summed E-state index contributed by atoms with van der Waals surface area (Å²) in [6.07, 6.45) is -0.0859. The minimum atomic E-state index is -1.46. The maximum atomic E-state index is 10.7. The van der Waals surface area contributed by atoms with Gasteiger partial charge in [-0.05, 0) is 31.4 Å². The molecule has 0 aromatic heterocycles. The maximum absolute atomic E-state index is 10.7. The molecule has 1 aliphatic heterocycles. The number of nitrogens with two attached hydrogens (primary N) is 1. The van der Waals surface area contributed by atoms with E-state index >= 15 is 0 Å². The molecule has 1 aromatic carbocycles. The lowest BCUT2D eigenvalue weighted by molar-refractivity contribution is -0.155. The number of aliphatic hydroxyl groups excluding tert-OH is 1. The smallest absolute Gasteiger partial charge is 0.394 e. The first-order valence-electron chi connectivity index (χ1n) is 6.35. The molecule has 0 bridgehead atoms. The van der Waals surface area contributed by atoms with E-state index in [1.54, 1.807) is 0 Å². The van der Waals surface area contributed by atoms with Gasteiger partial charge < -0.3 is 20.8 Å². The number of aliphatic carboxylic acids is 1. The van der Waals surface area contributed by atoms with Crippen LogP contribution in [-0.2, 0) is 9.59 Å². The molecule has 0 saturated carbocycles. The fourth-order valence-electron chi connectivity index (χ4n) is 1.89. The van der Waals surface area contributed by atoms with Crippen LogP contribution in [0.3, 0.4) is 0 Å². The quantitative estimate of drug-likeness (QED) is 0.475. The van der Waals surface area contributed by atoms with Gasteiger partial charge in [0.1, 0.15) is 0 Å². The number of anilines is 1. The topological polar surface area (TPSA) is 104 Å². The van der Waals surface area contributed by atoms with Crippen LogP contribution in [0.5, 0.6) is 0 Å². The van der Waals surface area contributed by atoms with Gasteiger partial charge in [-0.1, -0.05) is 18.2 Å². The fourth-order valence-corrected chi connectivity index (χ4v) is 1.89. The Labute approximate surface area is 117 Å². The molecule has 1 fully saturated rings. The number of para-hydroxylation sites is 1. The molecular weight excluding hydrogens is 260 g/mol. The van der Waals surface area contributed by atoms with Crippen molar-refractivity contribution in [2.45, 2.75) is 26.4 Å². The lowest BCUT2D eigenvalue weighted by atomic mass is 10.1. The van der Waals surface area contributed by atoms with Crippen LogP contribution in [0.2, 0.25) is 0 Å². The molecule has 0 radical (unpaired) electrons. The third-order valence-electron chi connectivity index (χ3n) is 3.18. The van der Waals surface area contributed by atoms with Crippen molar-refractivity contribution >= 4 is 17.6 Å². The van der Waals surface area contributed by atoms with E-state index in [9.17, 15) is 9.59 Å². The summed E-state index contributed by atoms with van der Waals surface area (Å²) in [5, 5.41) is 17.2. The Kier molecular flexibility index (Phi) is 5.52. The average molecular weight is 280 g/mol. The van der Waals surface area contributed by atoms with E-state index in [0.29, 0.717) is 13.0 Å². The molecule has 4 N–H and O–H groups in total. The van der Waals surface area contributed by atoms with Gasteiger partial charge in [0.15, 0.2) is 0 Å². The summed E-state index contributed by atoms with van der Waals surface area (Å²) >= 11 is 0.